The minimum absolute atomic E-state index is 0.0914. The van der Waals surface area contributed by atoms with E-state index in [-0.39, 0.29) is 5.54 Å². The van der Waals surface area contributed by atoms with Gasteiger partial charge in [-0.1, -0.05) is 6.07 Å². The van der Waals surface area contributed by atoms with Crippen molar-refractivity contribution in [3.8, 4) is 0 Å². The van der Waals surface area contributed by atoms with Crippen LogP contribution in [0.1, 0.15) is 32.8 Å². The van der Waals surface area contributed by atoms with E-state index in [4.69, 9.17) is 0 Å². The molecule has 1 heterocycles. The Bertz CT molecular complexity index is 417. The van der Waals surface area contributed by atoms with Crippen molar-refractivity contribution in [2.45, 2.75) is 39.7 Å². The zero-order valence-electron chi connectivity index (χ0n) is 9.89. The van der Waals surface area contributed by atoms with Crippen LogP contribution in [-0.4, -0.2) is 11.3 Å². The van der Waals surface area contributed by atoms with Crippen molar-refractivity contribution in [2.75, 3.05) is 5.32 Å². The second-order valence-corrected chi connectivity index (χ2v) is 5.05. The average molecular weight is 202 g/mol. The van der Waals surface area contributed by atoms with Crippen LogP contribution in [0.15, 0.2) is 23.2 Å². The molecule has 0 fully saturated rings. The monoisotopic (exact) mass is 202 g/mol. The molecule has 1 aromatic carbocycles. The second kappa shape index (κ2) is 3.37. The lowest BCUT2D eigenvalue weighted by molar-refractivity contribution is 0.595. The largest absolute Gasteiger partial charge is 0.378 e. The van der Waals surface area contributed by atoms with Crippen LogP contribution in [0.25, 0.3) is 0 Å². The fraction of sp³-hybridized carbons (Fsp3) is 0.462. The van der Waals surface area contributed by atoms with Crippen molar-refractivity contribution >= 4 is 17.1 Å². The van der Waals surface area contributed by atoms with E-state index in [9.17, 15) is 0 Å². The summed E-state index contributed by atoms with van der Waals surface area (Å²) in [5.41, 5.74) is 4.75. The van der Waals surface area contributed by atoms with E-state index >= 15 is 0 Å². The predicted molar refractivity (Wildman–Crippen MR) is 66.3 cm³/mol. The molecule has 0 bridgehead atoms. The van der Waals surface area contributed by atoms with Crippen LogP contribution in [0.5, 0.6) is 0 Å². The summed E-state index contributed by atoms with van der Waals surface area (Å²) in [6.07, 6.45) is 0.987. The molecule has 2 nitrogen and oxygen atoms in total. The second-order valence-electron chi connectivity index (χ2n) is 5.05. The lowest BCUT2D eigenvalue weighted by Crippen LogP contribution is -2.31. The predicted octanol–water partition coefficient (Wildman–Crippen LogP) is 3.68. The number of aliphatic imine (C=N–C) groups is 1. The van der Waals surface area contributed by atoms with Crippen LogP contribution >= 0.6 is 0 Å². The van der Waals surface area contributed by atoms with Crippen LogP contribution in [0.3, 0.4) is 0 Å². The Morgan fingerprint density at radius 2 is 2.00 bits per heavy atom. The average Bonchev–Trinajstić information content (AvgIpc) is 2.18. The van der Waals surface area contributed by atoms with Crippen LogP contribution in [0.2, 0.25) is 0 Å². The van der Waals surface area contributed by atoms with E-state index in [1.54, 1.807) is 0 Å². The summed E-state index contributed by atoms with van der Waals surface area (Å²) in [5, 5.41) is 3.54. The number of nitrogens with zero attached hydrogens (tertiary/aromatic N) is 1. The maximum absolute atomic E-state index is 4.65. The van der Waals surface area contributed by atoms with Crippen molar-refractivity contribution in [1.29, 1.82) is 0 Å². The van der Waals surface area contributed by atoms with Gasteiger partial charge in [0.25, 0.3) is 0 Å². The van der Waals surface area contributed by atoms with Gasteiger partial charge in [-0.2, -0.15) is 0 Å². The molecule has 0 atom stereocenters. The SMILES string of the molecule is CC1=Nc2cc(C)ccc2NC(C)(C)C1. The van der Waals surface area contributed by atoms with Crippen molar-refractivity contribution < 1.29 is 0 Å². The molecule has 0 unspecified atom stereocenters. The lowest BCUT2D eigenvalue weighted by atomic mass is 9.98. The molecule has 0 saturated carbocycles. The van der Waals surface area contributed by atoms with Gasteiger partial charge in [-0.15, -0.1) is 0 Å². The number of fused-ring (bicyclic) bond motifs is 1. The molecule has 0 spiro atoms. The fourth-order valence-electron chi connectivity index (χ4n) is 2.13. The molecule has 0 aromatic heterocycles. The highest BCUT2D eigenvalue weighted by molar-refractivity contribution is 5.89. The molecular formula is C13H18N2. The molecule has 80 valence electrons. The highest BCUT2D eigenvalue weighted by Crippen LogP contribution is 2.33. The van der Waals surface area contributed by atoms with Gasteiger partial charge in [-0.25, -0.2) is 0 Å². The Morgan fingerprint density at radius 1 is 1.27 bits per heavy atom. The molecule has 1 aliphatic heterocycles. The zero-order valence-corrected chi connectivity index (χ0v) is 9.89. The Balaban J connectivity index is 2.52. The normalized spacial score (nSPS) is 18.5. The van der Waals surface area contributed by atoms with Gasteiger partial charge in [0.15, 0.2) is 0 Å². The molecule has 1 aromatic rings. The van der Waals surface area contributed by atoms with E-state index in [0.717, 1.165) is 17.8 Å². The first-order valence-corrected chi connectivity index (χ1v) is 5.39. The molecule has 0 saturated heterocycles. The number of rotatable bonds is 0. The van der Waals surface area contributed by atoms with Crippen molar-refractivity contribution in [3.05, 3.63) is 23.8 Å². The van der Waals surface area contributed by atoms with Gasteiger partial charge in [0.05, 0.1) is 11.4 Å². The van der Waals surface area contributed by atoms with Gasteiger partial charge in [-0.05, 0) is 45.4 Å². The first kappa shape index (κ1) is 10.2. The van der Waals surface area contributed by atoms with Gasteiger partial charge in [-0.3, -0.25) is 4.99 Å². The highest BCUT2D eigenvalue weighted by Gasteiger charge is 2.22. The molecule has 0 aliphatic carbocycles. The zero-order chi connectivity index (χ0) is 11.1. The third-order valence-corrected chi connectivity index (χ3v) is 2.64. The molecule has 2 heteroatoms. The first-order chi connectivity index (χ1) is 6.96. The summed E-state index contributed by atoms with van der Waals surface area (Å²) >= 11 is 0. The van der Waals surface area contributed by atoms with Crippen molar-refractivity contribution in [3.63, 3.8) is 0 Å². The molecule has 15 heavy (non-hydrogen) atoms. The van der Waals surface area contributed by atoms with Gasteiger partial charge < -0.3 is 5.32 Å². The van der Waals surface area contributed by atoms with Gasteiger partial charge in [0, 0.05) is 17.7 Å². The number of nitrogens with one attached hydrogen (secondary N) is 1. The summed E-state index contributed by atoms with van der Waals surface area (Å²) < 4.78 is 0. The van der Waals surface area contributed by atoms with Gasteiger partial charge in [0.1, 0.15) is 0 Å². The van der Waals surface area contributed by atoms with Crippen LogP contribution in [0, 0.1) is 6.92 Å². The third kappa shape index (κ3) is 2.20. The van der Waals surface area contributed by atoms with Gasteiger partial charge >= 0.3 is 0 Å². The number of anilines is 1. The van der Waals surface area contributed by atoms with Crippen molar-refractivity contribution in [2.24, 2.45) is 4.99 Å². The summed E-state index contributed by atoms with van der Waals surface area (Å²) in [6, 6.07) is 6.37. The summed E-state index contributed by atoms with van der Waals surface area (Å²) in [5.74, 6) is 0. The standard InChI is InChI=1S/C13H18N2/c1-9-5-6-11-12(7-9)14-10(2)8-13(3,4)15-11/h5-7,15H,8H2,1-4H3. The third-order valence-electron chi connectivity index (χ3n) is 2.64. The fourth-order valence-corrected chi connectivity index (χ4v) is 2.13. The van der Waals surface area contributed by atoms with Crippen LogP contribution < -0.4 is 5.32 Å². The maximum Gasteiger partial charge on any atom is 0.0863 e. The molecule has 0 amide bonds. The molecule has 1 aliphatic rings. The molecule has 1 N–H and O–H groups in total. The maximum atomic E-state index is 4.65. The quantitative estimate of drug-likeness (QED) is 0.681. The Hall–Kier alpha value is -1.31. The number of hydrogen-bond donors (Lipinski definition) is 1. The highest BCUT2D eigenvalue weighted by atomic mass is 15.0. The molecule has 0 radical (unpaired) electrons. The Labute approximate surface area is 91.4 Å². The van der Waals surface area contributed by atoms with E-state index in [1.807, 2.05) is 0 Å². The number of hydrogen-bond acceptors (Lipinski definition) is 2. The number of benzene rings is 1. The van der Waals surface area contributed by atoms with Crippen LogP contribution in [-0.2, 0) is 0 Å². The van der Waals surface area contributed by atoms with E-state index in [0.29, 0.717) is 0 Å². The van der Waals surface area contributed by atoms with E-state index in [2.05, 4.69) is 56.2 Å². The Kier molecular flexibility index (Phi) is 2.29. The van der Waals surface area contributed by atoms with Crippen LogP contribution in [0.4, 0.5) is 11.4 Å². The summed E-state index contributed by atoms with van der Waals surface area (Å²) in [7, 11) is 0. The lowest BCUT2D eigenvalue weighted by Gasteiger charge is -2.25. The minimum Gasteiger partial charge on any atom is -0.378 e. The smallest absolute Gasteiger partial charge is 0.0863 e. The summed E-state index contributed by atoms with van der Waals surface area (Å²) in [4.78, 5) is 4.65. The first-order valence-electron chi connectivity index (χ1n) is 5.39. The summed E-state index contributed by atoms with van der Waals surface area (Å²) in [6.45, 7) is 8.62. The molecular weight excluding hydrogens is 184 g/mol. The van der Waals surface area contributed by atoms with Gasteiger partial charge in [0.2, 0.25) is 0 Å². The van der Waals surface area contributed by atoms with Crippen molar-refractivity contribution in [1.82, 2.24) is 0 Å². The number of aryl methyl sites for hydroxylation is 1. The molecule has 2 rings (SSSR count). The van der Waals surface area contributed by atoms with E-state index in [1.165, 1.54) is 11.3 Å². The van der Waals surface area contributed by atoms with E-state index < -0.39 is 0 Å². The Morgan fingerprint density at radius 3 is 2.73 bits per heavy atom. The minimum atomic E-state index is 0.0914. The topological polar surface area (TPSA) is 24.4 Å².